The molecule has 5 heteroatoms. The number of nitrogens with zero attached hydrogens (tertiary/aromatic N) is 2. The van der Waals surface area contributed by atoms with E-state index in [0.717, 1.165) is 32.7 Å². The van der Waals surface area contributed by atoms with Crippen LogP contribution in [0.15, 0.2) is 54.6 Å². The van der Waals surface area contributed by atoms with Crippen molar-refractivity contribution in [2.75, 3.05) is 50.0 Å². The van der Waals surface area contributed by atoms with Crippen LogP contribution >= 0.6 is 0 Å². The summed E-state index contributed by atoms with van der Waals surface area (Å²) in [6.45, 7) is 5.06. The Balaban J connectivity index is 1.41. The van der Waals surface area contributed by atoms with E-state index in [1.807, 2.05) is 6.07 Å². The summed E-state index contributed by atoms with van der Waals surface area (Å²) in [5.74, 6) is -0.351. The van der Waals surface area contributed by atoms with Gasteiger partial charge >= 0.3 is 5.97 Å². The number of rotatable bonds is 5. The van der Waals surface area contributed by atoms with Gasteiger partial charge in [-0.25, -0.2) is 4.79 Å². The second-order valence-electron chi connectivity index (χ2n) is 5.89. The lowest BCUT2D eigenvalue weighted by Gasteiger charge is -2.35. The molecule has 0 amide bonds. The number of para-hydroxylation sites is 2. The molecule has 2 aromatic rings. The molecule has 0 saturated carbocycles. The van der Waals surface area contributed by atoms with Gasteiger partial charge in [0.15, 0.2) is 0 Å². The number of nitrogen functional groups attached to an aromatic ring is 1. The van der Waals surface area contributed by atoms with E-state index in [1.165, 1.54) is 5.69 Å². The quantitative estimate of drug-likeness (QED) is 0.675. The van der Waals surface area contributed by atoms with E-state index in [4.69, 9.17) is 10.5 Å². The fourth-order valence-electron chi connectivity index (χ4n) is 2.90. The first-order valence-corrected chi connectivity index (χ1v) is 8.28. The Morgan fingerprint density at radius 2 is 1.62 bits per heavy atom. The van der Waals surface area contributed by atoms with Gasteiger partial charge in [-0.2, -0.15) is 0 Å². The van der Waals surface area contributed by atoms with E-state index >= 15 is 0 Å². The zero-order valence-electron chi connectivity index (χ0n) is 13.7. The second-order valence-corrected chi connectivity index (χ2v) is 5.89. The molecule has 0 radical (unpaired) electrons. The minimum atomic E-state index is -0.351. The van der Waals surface area contributed by atoms with E-state index in [9.17, 15) is 4.79 Å². The Bertz CT molecular complexity index is 667. The molecule has 0 aliphatic carbocycles. The average Bonchev–Trinajstić information content (AvgIpc) is 2.63. The molecule has 1 saturated heterocycles. The molecule has 2 aromatic carbocycles. The maximum atomic E-state index is 12.0. The van der Waals surface area contributed by atoms with Crippen LogP contribution in [-0.2, 0) is 4.74 Å². The number of carbonyl (C=O) groups excluding carboxylic acids is 1. The van der Waals surface area contributed by atoms with Gasteiger partial charge in [0, 0.05) is 44.1 Å². The summed E-state index contributed by atoms with van der Waals surface area (Å²) in [5, 5.41) is 0. The van der Waals surface area contributed by atoms with Crippen molar-refractivity contribution in [2.45, 2.75) is 0 Å². The van der Waals surface area contributed by atoms with E-state index < -0.39 is 0 Å². The SMILES string of the molecule is Nc1ccccc1C(=O)OCCN1CCN(c2ccccc2)CC1. The van der Waals surface area contributed by atoms with Crippen molar-refractivity contribution in [3.8, 4) is 0 Å². The van der Waals surface area contributed by atoms with Crippen LogP contribution in [0.1, 0.15) is 10.4 Å². The second kappa shape index (κ2) is 7.84. The minimum absolute atomic E-state index is 0.351. The van der Waals surface area contributed by atoms with Crippen LogP contribution in [-0.4, -0.2) is 50.2 Å². The van der Waals surface area contributed by atoms with E-state index in [2.05, 4.69) is 34.1 Å². The van der Waals surface area contributed by atoms with Crippen molar-refractivity contribution >= 4 is 17.3 Å². The molecule has 1 aliphatic rings. The Labute approximate surface area is 142 Å². The number of anilines is 2. The van der Waals surface area contributed by atoms with Crippen molar-refractivity contribution < 1.29 is 9.53 Å². The summed E-state index contributed by atoms with van der Waals surface area (Å²) in [5.41, 5.74) is 7.95. The van der Waals surface area contributed by atoms with Gasteiger partial charge in [0.05, 0.1) is 5.56 Å². The molecule has 126 valence electrons. The van der Waals surface area contributed by atoms with Crippen molar-refractivity contribution in [1.29, 1.82) is 0 Å². The molecular formula is C19H23N3O2. The van der Waals surface area contributed by atoms with Crippen LogP contribution in [0, 0.1) is 0 Å². The number of ether oxygens (including phenoxy) is 1. The van der Waals surface area contributed by atoms with Gasteiger partial charge < -0.3 is 15.4 Å². The highest BCUT2D eigenvalue weighted by Crippen LogP contribution is 2.15. The molecular weight excluding hydrogens is 302 g/mol. The van der Waals surface area contributed by atoms with E-state index in [0.29, 0.717) is 17.9 Å². The third-order valence-electron chi connectivity index (χ3n) is 4.32. The molecule has 1 fully saturated rings. The highest BCUT2D eigenvalue weighted by molar-refractivity contribution is 5.94. The Morgan fingerprint density at radius 3 is 2.33 bits per heavy atom. The van der Waals surface area contributed by atoms with Crippen LogP contribution < -0.4 is 10.6 Å². The lowest BCUT2D eigenvalue weighted by Crippen LogP contribution is -2.47. The summed E-state index contributed by atoms with van der Waals surface area (Å²) >= 11 is 0. The first-order chi connectivity index (χ1) is 11.7. The fourth-order valence-corrected chi connectivity index (χ4v) is 2.90. The monoisotopic (exact) mass is 325 g/mol. The van der Waals surface area contributed by atoms with Gasteiger partial charge in [0.2, 0.25) is 0 Å². The van der Waals surface area contributed by atoms with Crippen LogP contribution in [0.3, 0.4) is 0 Å². The normalized spacial score (nSPS) is 15.2. The number of piperazine rings is 1. The summed E-state index contributed by atoms with van der Waals surface area (Å²) < 4.78 is 5.35. The van der Waals surface area contributed by atoms with Crippen molar-refractivity contribution in [3.63, 3.8) is 0 Å². The van der Waals surface area contributed by atoms with Gasteiger partial charge in [-0.1, -0.05) is 30.3 Å². The molecule has 1 aliphatic heterocycles. The van der Waals surface area contributed by atoms with Gasteiger partial charge in [-0.15, -0.1) is 0 Å². The standard InChI is InChI=1S/C19H23N3O2/c20-18-9-5-4-8-17(18)19(23)24-15-14-21-10-12-22(13-11-21)16-6-2-1-3-7-16/h1-9H,10-15,20H2. The summed E-state index contributed by atoms with van der Waals surface area (Å²) in [6, 6.07) is 17.4. The first kappa shape index (κ1) is 16.3. The summed E-state index contributed by atoms with van der Waals surface area (Å²) in [6.07, 6.45) is 0. The van der Waals surface area contributed by atoms with E-state index in [1.54, 1.807) is 24.3 Å². The molecule has 2 N–H and O–H groups in total. The fraction of sp³-hybridized carbons (Fsp3) is 0.316. The van der Waals surface area contributed by atoms with Gasteiger partial charge in [0.25, 0.3) is 0 Å². The maximum Gasteiger partial charge on any atom is 0.340 e. The Morgan fingerprint density at radius 1 is 0.958 bits per heavy atom. The third-order valence-corrected chi connectivity index (χ3v) is 4.32. The smallest absolute Gasteiger partial charge is 0.340 e. The van der Waals surface area contributed by atoms with Crippen molar-refractivity contribution in [2.24, 2.45) is 0 Å². The molecule has 1 heterocycles. The van der Waals surface area contributed by atoms with Crippen LogP contribution in [0.5, 0.6) is 0 Å². The Hall–Kier alpha value is -2.53. The van der Waals surface area contributed by atoms with Crippen LogP contribution in [0.25, 0.3) is 0 Å². The number of hydrogen-bond donors (Lipinski definition) is 1. The summed E-state index contributed by atoms with van der Waals surface area (Å²) in [4.78, 5) is 16.7. The Kier molecular flexibility index (Phi) is 5.33. The molecule has 3 rings (SSSR count). The molecule has 0 bridgehead atoms. The molecule has 24 heavy (non-hydrogen) atoms. The molecule has 0 spiro atoms. The zero-order valence-corrected chi connectivity index (χ0v) is 13.7. The third kappa shape index (κ3) is 4.06. The first-order valence-electron chi connectivity index (χ1n) is 8.28. The predicted molar refractivity (Wildman–Crippen MR) is 96.2 cm³/mol. The van der Waals surface area contributed by atoms with Gasteiger partial charge in [-0.05, 0) is 24.3 Å². The molecule has 0 aromatic heterocycles. The number of nitrogens with two attached hydrogens (primary N) is 1. The lowest BCUT2D eigenvalue weighted by molar-refractivity contribution is 0.0460. The number of esters is 1. The minimum Gasteiger partial charge on any atom is -0.461 e. The van der Waals surface area contributed by atoms with Crippen LogP contribution in [0.2, 0.25) is 0 Å². The largest absolute Gasteiger partial charge is 0.461 e. The number of benzene rings is 2. The maximum absolute atomic E-state index is 12.0. The van der Waals surface area contributed by atoms with Gasteiger partial charge in [-0.3, -0.25) is 4.90 Å². The van der Waals surface area contributed by atoms with Gasteiger partial charge in [0.1, 0.15) is 6.61 Å². The highest BCUT2D eigenvalue weighted by atomic mass is 16.5. The molecule has 0 unspecified atom stereocenters. The van der Waals surface area contributed by atoms with E-state index in [-0.39, 0.29) is 5.97 Å². The average molecular weight is 325 g/mol. The molecule has 0 atom stereocenters. The zero-order chi connectivity index (χ0) is 16.8. The number of hydrogen-bond acceptors (Lipinski definition) is 5. The highest BCUT2D eigenvalue weighted by Gasteiger charge is 2.17. The van der Waals surface area contributed by atoms with Crippen molar-refractivity contribution in [1.82, 2.24) is 4.90 Å². The lowest BCUT2D eigenvalue weighted by atomic mass is 10.2. The predicted octanol–water partition coefficient (Wildman–Crippen LogP) is 2.25. The van der Waals surface area contributed by atoms with Crippen molar-refractivity contribution in [3.05, 3.63) is 60.2 Å². The van der Waals surface area contributed by atoms with Crippen LogP contribution in [0.4, 0.5) is 11.4 Å². The summed E-state index contributed by atoms with van der Waals surface area (Å²) in [7, 11) is 0. The topological polar surface area (TPSA) is 58.8 Å². The molecule has 5 nitrogen and oxygen atoms in total. The number of carbonyl (C=O) groups is 1.